The minimum Gasteiger partial charge on any atom is -0.361 e. The summed E-state index contributed by atoms with van der Waals surface area (Å²) < 4.78 is 0. The van der Waals surface area contributed by atoms with Crippen LogP contribution in [0.15, 0.2) is 71.7 Å². The summed E-state index contributed by atoms with van der Waals surface area (Å²) in [5, 5.41) is 15.9. The molecule has 2 aromatic carbocycles. The van der Waals surface area contributed by atoms with Gasteiger partial charge in [0.2, 0.25) is 0 Å². The Morgan fingerprint density at radius 1 is 1.11 bits per heavy atom. The van der Waals surface area contributed by atoms with Crippen molar-refractivity contribution >= 4 is 33.7 Å². The molecule has 6 N–H and O–H groups in total. The SMILES string of the molecule is NC1(Cc2ccc3[nH]ncc3c2)N=CC=C(Nc2cccc3[nH]ccc23)N1. The van der Waals surface area contributed by atoms with Crippen molar-refractivity contribution in [3.8, 4) is 0 Å². The topological polar surface area (TPSA) is 107 Å². The number of nitrogens with one attached hydrogen (secondary N) is 4. The summed E-state index contributed by atoms with van der Waals surface area (Å²) in [7, 11) is 0. The lowest BCUT2D eigenvalue weighted by molar-refractivity contribution is 0.381. The predicted octanol–water partition coefficient (Wildman–Crippen LogP) is 2.83. The maximum absolute atomic E-state index is 6.53. The number of nitrogens with zero attached hydrogens (tertiary/aromatic N) is 2. The molecule has 1 aliphatic rings. The molecular weight excluding hydrogens is 338 g/mol. The molecule has 0 bridgehead atoms. The number of nitrogens with two attached hydrogens (primary N) is 1. The molecule has 0 saturated carbocycles. The van der Waals surface area contributed by atoms with E-state index in [4.69, 9.17) is 5.73 Å². The molecule has 134 valence electrons. The number of anilines is 1. The van der Waals surface area contributed by atoms with Crippen molar-refractivity contribution in [1.29, 1.82) is 0 Å². The molecule has 2 aromatic heterocycles. The van der Waals surface area contributed by atoms with E-state index in [1.807, 2.05) is 54.9 Å². The number of H-pyrrole nitrogens is 2. The number of aliphatic imine (C=N–C) groups is 1. The van der Waals surface area contributed by atoms with Crippen molar-refractivity contribution in [3.63, 3.8) is 0 Å². The summed E-state index contributed by atoms with van der Waals surface area (Å²) in [6.07, 6.45) is 7.92. The fraction of sp³-hybridized carbons (Fsp3) is 0.100. The van der Waals surface area contributed by atoms with E-state index < -0.39 is 5.79 Å². The first-order valence-corrected chi connectivity index (χ1v) is 8.76. The summed E-state index contributed by atoms with van der Waals surface area (Å²) in [6.45, 7) is 0. The first kappa shape index (κ1) is 15.7. The predicted molar refractivity (Wildman–Crippen MR) is 108 cm³/mol. The Hall–Kier alpha value is -3.58. The summed E-state index contributed by atoms with van der Waals surface area (Å²) in [6, 6.07) is 14.3. The maximum atomic E-state index is 6.53. The number of aromatic amines is 2. The molecule has 1 aliphatic heterocycles. The van der Waals surface area contributed by atoms with Gasteiger partial charge in [0, 0.05) is 40.8 Å². The van der Waals surface area contributed by atoms with Gasteiger partial charge in [-0.15, -0.1) is 0 Å². The number of fused-ring (bicyclic) bond motifs is 2. The van der Waals surface area contributed by atoms with E-state index in [0.29, 0.717) is 6.42 Å². The van der Waals surface area contributed by atoms with Gasteiger partial charge in [-0.2, -0.15) is 5.10 Å². The summed E-state index contributed by atoms with van der Waals surface area (Å²) >= 11 is 0. The number of hydrogen-bond donors (Lipinski definition) is 5. The van der Waals surface area contributed by atoms with Gasteiger partial charge in [0.25, 0.3) is 0 Å². The lowest BCUT2D eigenvalue weighted by Crippen LogP contribution is -2.55. The standard InChI is InChI=1S/C20H19N7/c21-20(11-13-4-5-16-14(10-13)12-24-27-16)23-9-7-19(26-20)25-18-3-1-2-17-15(18)6-8-22-17/h1-10,12,22,25-26H,11,21H2,(H,24,27). The highest BCUT2D eigenvalue weighted by atomic mass is 15.3. The van der Waals surface area contributed by atoms with Gasteiger partial charge in [-0.1, -0.05) is 12.1 Å². The zero-order chi connectivity index (χ0) is 18.3. The summed E-state index contributed by atoms with van der Waals surface area (Å²) in [5.74, 6) is -0.105. The van der Waals surface area contributed by atoms with Gasteiger partial charge in [0.15, 0.2) is 5.79 Å². The van der Waals surface area contributed by atoms with E-state index >= 15 is 0 Å². The molecular formula is C20H19N7. The van der Waals surface area contributed by atoms with Crippen molar-refractivity contribution < 1.29 is 0 Å². The highest BCUT2D eigenvalue weighted by Gasteiger charge is 2.27. The Morgan fingerprint density at radius 2 is 2.07 bits per heavy atom. The van der Waals surface area contributed by atoms with Gasteiger partial charge in [-0.05, 0) is 42.0 Å². The molecule has 0 amide bonds. The number of aromatic nitrogens is 3. The Labute approximate surface area is 155 Å². The van der Waals surface area contributed by atoms with Gasteiger partial charge in [-0.3, -0.25) is 15.8 Å². The molecule has 1 atom stereocenters. The van der Waals surface area contributed by atoms with Gasteiger partial charge in [0.05, 0.1) is 11.7 Å². The quantitative estimate of drug-likeness (QED) is 0.387. The molecule has 27 heavy (non-hydrogen) atoms. The normalized spacial score (nSPS) is 19.2. The highest BCUT2D eigenvalue weighted by molar-refractivity contribution is 5.93. The molecule has 7 nitrogen and oxygen atoms in total. The van der Waals surface area contributed by atoms with Crippen LogP contribution in [0.2, 0.25) is 0 Å². The molecule has 0 aliphatic carbocycles. The summed E-state index contributed by atoms with van der Waals surface area (Å²) in [4.78, 5) is 7.68. The van der Waals surface area contributed by atoms with Crippen molar-refractivity contribution in [1.82, 2.24) is 20.5 Å². The van der Waals surface area contributed by atoms with Crippen LogP contribution in [0.5, 0.6) is 0 Å². The van der Waals surface area contributed by atoms with E-state index in [1.54, 1.807) is 6.21 Å². The third kappa shape index (κ3) is 2.94. The van der Waals surface area contributed by atoms with Crippen LogP contribution in [0.3, 0.4) is 0 Å². The van der Waals surface area contributed by atoms with Gasteiger partial charge in [0.1, 0.15) is 5.82 Å². The molecule has 1 unspecified atom stereocenters. The van der Waals surface area contributed by atoms with Crippen LogP contribution >= 0.6 is 0 Å². The van der Waals surface area contributed by atoms with Gasteiger partial charge < -0.3 is 15.6 Å². The fourth-order valence-corrected chi connectivity index (χ4v) is 3.47. The molecule has 0 saturated heterocycles. The largest absolute Gasteiger partial charge is 0.361 e. The van der Waals surface area contributed by atoms with Crippen molar-refractivity contribution in [2.75, 3.05) is 5.32 Å². The number of hydrogen-bond acceptors (Lipinski definition) is 5. The van der Waals surface area contributed by atoms with Crippen molar-refractivity contribution in [3.05, 3.63) is 72.3 Å². The third-order valence-electron chi connectivity index (χ3n) is 4.74. The van der Waals surface area contributed by atoms with Crippen LogP contribution in [-0.4, -0.2) is 27.2 Å². The Kier molecular flexibility index (Phi) is 3.48. The molecule has 3 heterocycles. The van der Waals surface area contributed by atoms with Crippen molar-refractivity contribution in [2.24, 2.45) is 10.7 Å². The molecule has 5 rings (SSSR count). The van der Waals surface area contributed by atoms with Crippen molar-refractivity contribution in [2.45, 2.75) is 12.2 Å². The van der Waals surface area contributed by atoms with E-state index in [2.05, 4.69) is 36.9 Å². The average Bonchev–Trinajstić information content (AvgIpc) is 3.30. The Bertz CT molecular complexity index is 1180. The maximum Gasteiger partial charge on any atom is 0.187 e. The van der Waals surface area contributed by atoms with Crippen LogP contribution in [0.1, 0.15) is 5.56 Å². The summed E-state index contributed by atoms with van der Waals surface area (Å²) in [5.41, 5.74) is 10.7. The molecule has 0 spiro atoms. The second kappa shape index (κ2) is 6.00. The molecule has 7 heteroatoms. The highest BCUT2D eigenvalue weighted by Crippen LogP contribution is 2.24. The van der Waals surface area contributed by atoms with Crippen LogP contribution in [-0.2, 0) is 6.42 Å². The first-order valence-electron chi connectivity index (χ1n) is 8.76. The second-order valence-corrected chi connectivity index (χ2v) is 6.75. The Morgan fingerprint density at radius 3 is 3.04 bits per heavy atom. The smallest absolute Gasteiger partial charge is 0.187 e. The molecule has 4 aromatic rings. The van der Waals surface area contributed by atoms with Crippen LogP contribution in [0.25, 0.3) is 21.8 Å². The fourth-order valence-electron chi connectivity index (χ4n) is 3.47. The van der Waals surface area contributed by atoms with Gasteiger partial charge >= 0.3 is 0 Å². The third-order valence-corrected chi connectivity index (χ3v) is 4.74. The Balaban J connectivity index is 1.37. The second-order valence-electron chi connectivity index (χ2n) is 6.75. The molecule has 0 fully saturated rings. The van der Waals surface area contributed by atoms with E-state index in [-0.39, 0.29) is 0 Å². The van der Waals surface area contributed by atoms with E-state index in [0.717, 1.165) is 38.9 Å². The number of rotatable bonds is 4. The van der Waals surface area contributed by atoms with E-state index in [1.165, 1.54) is 0 Å². The number of benzene rings is 2. The number of allylic oxidation sites excluding steroid dienone is 1. The van der Waals surface area contributed by atoms with Crippen LogP contribution in [0, 0.1) is 0 Å². The zero-order valence-electron chi connectivity index (χ0n) is 14.5. The van der Waals surface area contributed by atoms with Gasteiger partial charge in [-0.25, -0.2) is 0 Å². The minimum absolute atomic E-state index is 0.554. The lowest BCUT2D eigenvalue weighted by Gasteiger charge is -2.31. The van der Waals surface area contributed by atoms with E-state index in [9.17, 15) is 0 Å². The minimum atomic E-state index is -0.916. The first-order chi connectivity index (χ1) is 13.2. The average molecular weight is 357 g/mol. The monoisotopic (exact) mass is 357 g/mol. The lowest BCUT2D eigenvalue weighted by atomic mass is 10.0. The molecule has 0 radical (unpaired) electrons. The van der Waals surface area contributed by atoms with Crippen LogP contribution in [0.4, 0.5) is 5.69 Å². The zero-order valence-corrected chi connectivity index (χ0v) is 14.5. The van der Waals surface area contributed by atoms with Crippen LogP contribution < -0.4 is 16.4 Å².